The molecule has 4 heterocycles. The van der Waals surface area contributed by atoms with E-state index in [-0.39, 0.29) is 12.1 Å². The molecule has 0 bridgehead atoms. The number of hydrogen-bond acceptors (Lipinski definition) is 4. The largest absolute Gasteiger partial charge is 0.352 e. The number of pyridine rings is 2. The maximum absolute atomic E-state index is 5.72. The minimum absolute atomic E-state index is 0.0202. The summed E-state index contributed by atoms with van der Waals surface area (Å²) in [6.07, 6.45) is 5.70. The monoisotopic (exact) mass is 392 g/mol. The van der Waals surface area contributed by atoms with E-state index in [0.29, 0.717) is 0 Å². The lowest BCUT2D eigenvalue weighted by Gasteiger charge is -2.29. The number of nitrogens with one attached hydrogen (secondary N) is 1. The molecule has 1 aliphatic rings. The van der Waals surface area contributed by atoms with E-state index in [2.05, 4.69) is 68.1 Å². The molecule has 1 saturated heterocycles. The Bertz CT molecular complexity index is 924. The molecule has 1 N–H and O–H groups in total. The summed E-state index contributed by atoms with van der Waals surface area (Å²) in [6.45, 7) is 1.75. The molecular formula is C21H24N6S. The van der Waals surface area contributed by atoms with Gasteiger partial charge in [-0.05, 0) is 62.7 Å². The predicted octanol–water partition coefficient (Wildman–Crippen LogP) is 2.80. The van der Waals surface area contributed by atoms with Crippen molar-refractivity contribution in [3.63, 3.8) is 0 Å². The summed E-state index contributed by atoms with van der Waals surface area (Å²) in [5.74, 6) is 0.896. The first-order chi connectivity index (χ1) is 13.6. The van der Waals surface area contributed by atoms with Gasteiger partial charge in [-0.25, -0.2) is 4.98 Å². The molecule has 0 unspecified atom stereocenters. The molecular weight excluding hydrogens is 368 g/mol. The summed E-state index contributed by atoms with van der Waals surface area (Å²) < 4.78 is 2.14. The number of nitrogens with zero attached hydrogens (tertiary/aromatic N) is 5. The van der Waals surface area contributed by atoms with Crippen LogP contribution in [0.4, 0.5) is 0 Å². The zero-order valence-corrected chi connectivity index (χ0v) is 16.9. The summed E-state index contributed by atoms with van der Waals surface area (Å²) in [5, 5.41) is 4.26. The first kappa shape index (κ1) is 18.6. The van der Waals surface area contributed by atoms with E-state index in [4.69, 9.17) is 12.2 Å². The van der Waals surface area contributed by atoms with Gasteiger partial charge < -0.3 is 19.7 Å². The zero-order chi connectivity index (χ0) is 19.5. The first-order valence-corrected chi connectivity index (χ1v) is 9.77. The molecule has 3 aromatic rings. The van der Waals surface area contributed by atoms with Gasteiger partial charge in [0.25, 0.3) is 0 Å². The second-order valence-electron chi connectivity index (χ2n) is 7.11. The molecule has 3 aromatic heterocycles. The molecule has 6 nitrogen and oxygen atoms in total. The van der Waals surface area contributed by atoms with Crippen molar-refractivity contribution in [1.29, 1.82) is 0 Å². The quantitative estimate of drug-likeness (QED) is 0.651. The maximum atomic E-state index is 5.72. The fraction of sp³-hybridized carbons (Fsp3) is 0.286. The Balaban J connectivity index is 1.77. The lowest BCUT2D eigenvalue weighted by Crippen LogP contribution is -2.36. The molecule has 0 spiro atoms. The van der Waals surface area contributed by atoms with Crippen molar-refractivity contribution in [3.8, 4) is 5.82 Å². The Kier molecular flexibility index (Phi) is 5.36. The van der Waals surface area contributed by atoms with Crippen molar-refractivity contribution in [2.75, 3.05) is 27.2 Å². The van der Waals surface area contributed by atoms with Crippen LogP contribution in [-0.4, -0.2) is 56.6 Å². The van der Waals surface area contributed by atoms with Crippen LogP contribution in [0.25, 0.3) is 5.82 Å². The molecule has 1 aliphatic heterocycles. The summed E-state index contributed by atoms with van der Waals surface area (Å²) in [6, 6.07) is 16.2. The van der Waals surface area contributed by atoms with Gasteiger partial charge in [0.1, 0.15) is 5.82 Å². The molecule has 1 fully saturated rings. The molecule has 0 aliphatic carbocycles. The average molecular weight is 393 g/mol. The Morgan fingerprint density at radius 1 is 1.04 bits per heavy atom. The number of likely N-dealkylation sites (N-methyl/N-ethyl adjacent to an activating group) is 1. The van der Waals surface area contributed by atoms with Gasteiger partial charge >= 0.3 is 0 Å². The van der Waals surface area contributed by atoms with Gasteiger partial charge in [0.15, 0.2) is 5.11 Å². The van der Waals surface area contributed by atoms with Crippen molar-refractivity contribution in [2.24, 2.45) is 0 Å². The third kappa shape index (κ3) is 3.63. The maximum Gasteiger partial charge on any atom is 0.170 e. The fourth-order valence-corrected chi connectivity index (χ4v) is 3.95. The number of hydrogen-bond donors (Lipinski definition) is 1. The van der Waals surface area contributed by atoms with Crippen LogP contribution in [0.2, 0.25) is 0 Å². The minimum atomic E-state index is -0.0202. The molecule has 0 saturated carbocycles. The Morgan fingerprint density at radius 2 is 1.82 bits per heavy atom. The van der Waals surface area contributed by atoms with Gasteiger partial charge in [-0.15, -0.1) is 0 Å². The van der Waals surface area contributed by atoms with Crippen LogP contribution in [-0.2, 0) is 0 Å². The number of rotatable bonds is 6. The van der Waals surface area contributed by atoms with E-state index in [1.54, 1.807) is 0 Å². The highest BCUT2D eigenvalue weighted by Crippen LogP contribution is 2.39. The SMILES string of the molecule is CN(C)CCN1C(=S)N[C@@H](c2ccccn2)[C@H]1c1cccn1-c1ccccn1. The second-order valence-corrected chi connectivity index (χ2v) is 7.50. The normalized spacial score (nSPS) is 19.2. The number of aromatic nitrogens is 3. The highest BCUT2D eigenvalue weighted by atomic mass is 32.1. The van der Waals surface area contributed by atoms with E-state index in [9.17, 15) is 0 Å². The second kappa shape index (κ2) is 8.08. The summed E-state index contributed by atoms with van der Waals surface area (Å²) >= 11 is 5.72. The van der Waals surface area contributed by atoms with Crippen molar-refractivity contribution in [2.45, 2.75) is 12.1 Å². The summed E-state index contributed by atoms with van der Waals surface area (Å²) in [7, 11) is 4.16. The van der Waals surface area contributed by atoms with E-state index >= 15 is 0 Å². The molecule has 4 rings (SSSR count). The molecule has 0 aromatic carbocycles. The van der Waals surface area contributed by atoms with Crippen LogP contribution >= 0.6 is 12.2 Å². The van der Waals surface area contributed by atoms with E-state index in [0.717, 1.165) is 35.4 Å². The third-order valence-electron chi connectivity index (χ3n) is 4.97. The minimum Gasteiger partial charge on any atom is -0.352 e. The van der Waals surface area contributed by atoms with Crippen LogP contribution in [0.5, 0.6) is 0 Å². The van der Waals surface area contributed by atoms with Gasteiger partial charge in [0, 0.05) is 37.4 Å². The van der Waals surface area contributed by atoms with Crippen molar-refractivity contribution >= 4 is 17.3 Å². The topological polar surface area (TPSA) is 49.2 Å². The van der Waals surface area contributed by atoms with Crippen LogP contribution in [0.1, 0.15) is 23.5 Å². The summed E-state index contributed by atoms with van der Waals surface area (Å²) in [5.41, 5.74) is 2.12. The molecule has 7 heteroatoms. The van der Waals surface area contributed by atoms with Crippen molar-refractivity contribution in [3.05, 3.63) is 78.5 Å². The highest BCUT2D eigenvalue weighted by Gasteiger charge is 2.41. The first-order valence-electron chi connectivity index (χ1n) is 9.36. The van der Waals surface area contributed by atoms with Crippen molar-refractivity contribution in [1.82, 2.24) is 29.7 Å². The molecule has 144 valence electrons. The van der Waals surface area contributed by atoms with Gasteiger partial charge in [0.05, 0.1) is 17.8 Å². The van der Waals surface area contributed by atoms with Crippen LogP contribution in [0.15, 0.2) is 67.1 Å². The molecule has 0 radical (unpaired) electrons. The zero-order valence-electron chi connectivity index (χ0n) is 16.1. The molecule has 0 amide bonds. The Hall–Kier alpha value is -2.77. The smallest absolute Gasteiger partial charge is 0.170 e. The number of thiocarbonyl (C=S) groups is 1. The molecule has 28 heavy (non-hydrogen) atoms. The van der Waals surface area contributed by atoms with E-state index < -0.39 is 0 Å². The standard InChI is InChI=1S/C21H24N6S/c1-25(2)14-15-27-20(19(24-21(27)28)16-8-3-5-11-22-16)17-9-7-13-26(17)18-10-4-6-12-23-18/h3-13,19-20H,14-15H2,1-2H3,(H,24,28)/t19-,20+/m0/s1. The molecule has 2 atom stereocenters. The van der Waals surface area contributed by atoms with E-state index in [1.807, 2.05) is 42.7 Å². The lowest BCUT2D eigenvalue weighted by molar-refractivity contribution is 0.272. The average Bonchev–Trinajstić information content (AvgIpc) is 3.32. The van der Waals surface area contributed by atoms with Crippen LogP contribution in [0.3, 0.4) is 0 Å². The highest BCUT2D eigenvalue weighted by molar-refractivity contribution is 7.80. The lowest BCUT2D eigenvalue weighted by atomic mass is 10.0. The van der Waals surface area contributed by atoms with Crippen molar-refractivity contribution < 1.29 is 0 Å². The fourth-order valence-electron chi connectivity index (χ4n) is 3.62. The Morgan fingerprint density at radius 3 is 2.50 bits per heavy atom. The van der Waals surface area contributed by atoms with E-state index in [1.165, 1.54) is 0 Å². The van der Waals surface area contributed by atoms with Crippen LogP contribution < -0.4 is 5.32 Å². The van der Waals surface area contributed by atoms with Crippen LogP contribution in [0, 0.1) is 0 Å². The van der Waals surface area contributed by atoms with Gasteiger partial charge in [-0.3, -0.25) is 4.98 Å². The van der Waals surface area contributed by atoms with Gasteiger partial charge in [0.2, 0.25) is 0 Å². The predicted molar refractivity (Wildman–Crippen MR) is 114 cm³/mol. The van der Waals surface area contributed by atoms with Gasteiger partial charge in [-0.1, -0.05) is 12.1 Å². The summed E-state index contributed by atoms with van der Waals surface area (Å²) in [4.78, 5) is 13.6. The van der Waals surface area contributed by atoms with Gasteiger partial charge in [-0.2, -0.15) is 0 Å². The Labute approximate surface area is 170 Å². The third-order valence-corrected chi connectivity index (χ3v) is 5.32.